The van der Waals surface area contributed by atoms with Crippen LogP contribution in [0.4, 0.5) is 5.69 Å². The van der Waals surface area contributed by atoms with Gasteiger partial charge in [0.2, 0.25) is 5.91 Å². The van der Waals surface area contributed by atoms with E-state index >= 15 is 0 Å². The zero-order chi connectivity index (χ0) is 22.5. The van der Waals surface area contributed by atoms with Crippen molar-refractivity contribution >= 4 is 29.1 Å². The summed E-state index contributed by atoms with van der Waals surface area (Å²) in [4.78, 5) is 28.2. The van der Waals surface area contributed by atoms with Crippen LogP contribution in [0, 0.1) is 0 Å². The molecule has 2 amide bonds. The van der Waals surface area contributed by atoms with Crippen LogP contribution in [0.15, 0.2) is 72.8 Å². The molecule has 1 aliphatic heterocycles. The van der Waals surface area contributed by atoms with Gasteiger partial charge in [-0.2, -0.15) is 0 Å². The van der Waals surface area contributed by atoms with Crippen LogP contribution in [0.2, 0.25) is 5.02 Å². The molecule has 1 atom stereocenters. The summed E-state index contributed by atoms with van der Waals surface area (Å²) in [5, 5.41) is 3.39. The summed E-state index contributed by atoms with van der Waals surface area (Å²) >= 11 is 6.21. The first-order valence-corrected chi connectivity index (χ1v) is 11.0. The number of carbonyl (C=O) groups is 2. The van der Waals surface area contributed by atoms with Gasteiger partial charge in [-0.25, -0.2) is 0 Å². The molecular formula is C26H25ClN2O3. The minimum atomic E-state index is -0.476. The number of hydrogen-bond donors (Lipinski definition) is 1. The molecule has 0 radical (unpaired) electrons. The number of halogens is 1. The Morgan fingerprint density at radius 2 is 1.81 bits per heavy atom. The molecule has 3 aromatic carbocycles. The van der Waals surface area contributed by atoms with Crippen molar-refractivity contribution in [2.24, 2.45) is 0 Å². The number of rotatable bonds is 6. The second-order valence-corrected chi connectivity index (χ2v) is 8.17. The molecule has 1 unspecified atom stereocenters. The van der Waals surface area contributed by atoms with Crippen molar-refractivity contribution in [2.45, 2.75) is 25.3 Å². The van der Waals surface area contributed by atoms with E-state index in [9.17, 15) is 9.59 Å². The highest BCUT2D eigenvalue weighted by Gasteiger charge is 2.27. The quantitative estimate of drug-likeness (QED) is 0.564. The standard InChI is InChI=1S/C26H25ClN2O3/c1-32-20-13-14-24-19(16-20)10-7-15-29(24)25(30)17-23(18-8-3-2-4-9-18)28-26(31)21-11-5-6-12-22(21)27/h2-6,8-9,11-14,16,23H,7,10,15,17H2,1H3,(H,28,31). The number of benzene rings is 3. The summed E-state index contributed by atoms with van der Waals surface area (Å²) in [6.07, 6.45) is 1.93. The van der Waals surface area contributed by atoms with Gasteiger partial charge in [0.15, 0.2) is 0 Å². The lowest BCUT2D eigenvalue weighted by Gasteiger charge is -2.31. The molecule has 6 heteroatoms. The topological polar surface area (TPSA) is 58.6 Å². The summed E-state index contributed by atoms with van der Waals surface area (Å²) in [5.74, 6) is 0.442. The zero-order valence-electron chi connectivity index (χ0n) is 17.9. The Morgan fingerprint density at radius 1 is 1.06 bits per heavy atom. The average molecular weight is 449 g/mol. The SMILES string of the molecule is COc1ccc2c(c1)CCCN2C(=O)CC(NC(=O)c1ccccc1Cl)c1ccccc1. The van der Waals surface area contributed by atoms with E-state index in [0.29, 0.717) is 17.1 Å². The Balaban J connectivity index is 1.58. The smallest absolute Gasteiger partial charge is 0.253 e. The largest absolute Gasteiger partial charge is 0.497 e. The maximum Gasteiger partial charge on any atom is 0.253 e. The van der Waals surface area contributed by atoms with Crippen LogP contribution in [-0.4, -0.2) is 25.5 Å². The van der Waals surface area contributed by atoms with E-state index in [1.54, 1.807) is 31.4 Å². The fraction of sp³-hybridized carbons (Fsp3) is 0.231. The minimum Gasteiger partial charge on any atom is -0.497 e. The maximum atomic E-state index is 13.4. The number of aryl methyl sites for hydroxylation is 1. The Bertz CT molecular complexity index is 1120. The summed E-state index contributed by atoms with van der Waals surface area (Å²) in [6.45, 7) is 0.651. The van der Waals surface area contributed by atoms with E-state index in [0.717, 1.165) is 35.4 Å². The molecule has 4 rings (SSSR count). The highest BCUT2D eigenvalue weighted by Crippen LogP contribution is 2.32. The second-order valence-electron chi connectivity index (χ2n) is 7.76. The predicted octanol–water partition coefficient (Wildman–Crippen LogP) is 5.19. The van der Waals surface area contributed by atoms with Gasteiger partial charge in [-0.3, -0.25) is 9.59 Å². The fourth-order valence-corrected chi connectivity index (χ4v) is 4.28. The Labute approximate surface area is 193 Å². The molecule has 5 nitrogen and oxygen atoms in total. The van der Waals surface area contributed by atoms with Crippen LogP contribution >= 0.6 is 11.6 Å². The molecule has 0 fully saturated rings. The van der Waals surface area contributed by atoms with Crippen LogP contribution in [0.1, 0.15) is 40.4 Å². The third-order valence-corrected chi connectivity index (χ3v) is 6.04. The van der Waals surface area contributed by atoms with E-state index in [4.69, 9.17) is 16.3 Å². The monoisotopic (exact) mass is 448 g/mol. The molecule has 1 heterocycles. The van der Waals surface area contributed by atoms with Gasteiger partial charge >= 0.3 is 0 Å². The van der Waals surface area contributed by atoms with Gasteiger partial charge < -0.3 is 15.0 Å². The number of amides is 2. The van der Waals surface area contributed by atoms with Crippen molar-refractivity contribution in [2.75, 3.05) is 18.6 Å². The Hall–Kier alpha value is -3.31. The molecule has 1 N–H and O–H groups in total. The minimum absolute atomic E-state index is 0.0376. The summed E-state index contributed by atoms with van der Waals surface area (Å²) in [7, 11) is 1.64. The van der Waals surface area contributed by atoms with E-state index in [1.165, 1.54) is 0 Å². The van der Waals surface area contributed by atoms with Crippen LogP contribution in [0.25, 0.3) is 0 Å². The summed E-state index contributed by atoms with van der Waals surface area (Å²) in [6, 6.07) is 21.8. The van der Waals surface area contributed by atoms with Crippen molar-refractivity contribution in [1.82, 2.24) is 5.32 Å². The second kappa shape index (κ2) is 9.88. The molecule has 0 saturated carbocycles. The number of fused-ring (bicyclic) bond motifs is 1. The third-order valence-electron chi connectivity index (χ3n) is 5.71. The first kappa shape index (κ1) is 21.9. The van der Waals surface area contributed by atoms with Crippen LogP contribution in [0.3, 0.4) is 0 Å². The lowest BCUT2D eigenvalue weighted by Crippen LogP contribution is -2.39. The first-order valence-electron chi connectivity index (χ1n) is 10.6. The summed E-state index contributed by atoms with van der Waals surface area (Å²) in [5.41, 5.74) is 3.26. The number of nitrogens with zero attached hydrogens (tertiary/aromatic N) is 1. The van der Waals surface area contributed by atoms with Gasteiger partial charge in [0.05, 0.1) is 30.2 Å². The molecule has 0 aliphatic carbocycles. The molecule has 0 saturated heterocycles. The van der Waals surface area contributed by atoms with Crippen LogP contribution < -0.4 is 15.0 Å². The van der Waals surface area contributed by atoms with E-state index in [1.807, 2.05) is 53.4 Å². The zero-order valence-corrected chi connectivity index (χ0v) is 18.6. The number of ether oxygens (including phenoxy) is 1. The Kier molecular flexibility index (Phi) is 6.76. The number of carbonyl (C=O) groups excluding carboxylic acids is 2. The number of methoxy groups -OCH3 is 1. The first-order chi connectivity index (χ1) is 15.6. The van der Waals surface area contributed by atoms with Gasteiger partial charge in [-0.1, -0.05) is 54.1 Å². The van der Waals surface area contributed by atoms with E-state index < -0.39 is 6.04 Å². The normalized spacial score (nSPS) is 13.8. The van der Waals surface area contributed by atoms with Crippen molar-refractivity contribution in [1.29, 1.82) is 0 Å². The molecule has 164 valence electrons. The number of hydrogen-bond acceptors (Lipinski definition) is 3. The van der Waals surface area contributed by atoms with Gasteiger partial charge in [0.25, 0.3) is 5.91 Å². The van der Waals surface area contributed by atoms with Crippen molar-refractivity contribution in [3.63, 3.8) is 0 Å². The van der Waals surface area contributed by atoms with Crippen molar-refractivity contribution < 1.29 is 14.3 Å². The molecule has 0 aromatic heterocycles. The maximum absolute atomic E-state index is 13.4. The van der Waals surface area contributed by atoms with E-state index in [-0.39, 0.29) is 18.2 Å². The molecular weight excluding hydrogens is 424 g/mol. The molecule has 3 aromatic rings. The average Bonchev–Trinajstić information content (AvgIpc) is 2.83. The van der Waals surface area contributed by atoms with Crippen molar-refractivity contribution in [3.05, 3.63) is 94.5 Å². The third kappa shape index (κ3) is 4.78. The van der Waals surface area contributed by atoms with Crippen LogP contribution in [-0.2, 0) is 11.2 Å². The highest BCUT2D eigenvalue weighted by molar-refractivity contribution is 6.33. The van der Waals surface area contributed by atoms with Gasteiger partial charge in [0.1, 0.15) is 5.75 Å². The predicted molar refractivity (Wildman–Crippen MR) is 126 cm³/mol. The molecule has 1 aliphatic rings. The molecule has 0 bridgehead atoms. The fourth-order valence-electron chi connectivity index (χ4n) is 4.06. The highest BCUT2D eigenvalue weighted by atomic mass is 35.5. The lowest BCUT2D eigenvalue weighted by molar-refractivity contribution is -0.119. The number of anilines is 1. The molecule has 32 heavy (non-hydrogen) atoms. The van der Waals surface area contributed by atoms with Gasteiger partial charge in [-0.05, 0) is 54.3 Å². The number of nitrogens with one attached hydrogen (secondary N) is 1. The van der Waals surface area contributed by atoms with E-state index in [2.05, 4.69) is 5.32 Å². The van der Waals surface area contributed by atoms with Crippen LogP contribution in [0.5, 0.6) is 5.75 Å². The molecule has 0 spiro atoms. The summed E-state index contributed by atoms with van der Waals surface area (Å²) < 4.78 is 5.33. The van der Waals surface area contributed by atoms with Gasteiger partial charge in [0, 0.05) is 12.2 Å². The Morgan fingerprint density at radius 3 is 2.56 bits per heavy atom. The van der Waals surface area contributed by atoms with Gasteiger partial charge in [-0.15, -0.1) is 0 Å². The van der Waals surface area contributed by atoms with Crippen molar-refractivity contribution in [3.8, 4) is 5.75 Å². The lowest BCUT2D eigenvalue weighted by atomic mass is 9.98.